The highest BCUT2D eigenvalue weighted by Gasteiger charge is 2.73. The highest BCUT2D eigenvalue weighted by atomic mass is 16.6. The predicted octanol–water partition coefficient (Wildman–Crippen LogP) is 4.13. The van der Waals surface area contributed by atoms with Crippen LogP contribution >= 0.6 is 0 Å². The van der Waals surface area contributed by atoms with Gasteiger partial charge in [-0.1, -0.05) is 70.5 Å². The molecule has 53 heavy (non-hydrogen) atoms. The number of methoxy groups -OCH3 is 1. The Bertz CT molecular complexity index is 1520. The van der Waals surface area contributed by atoms with Gasteiger partial charge in [-0.15, -0.1) is 0 Å². The zero-order valence-corrected chi connectivity index (χ0v) is 33.4. The SMILES string of the molecule is CC1=C2[C@@H](O)C(=O)[C@@]3(C)C([C@H](C)[C@](O)(CC1)C2(C)C)[C@]1(C)COC1C[C@@H]3OC(=O)CCCN1CCN(C)CC1.COC(=O)[C@H](O)[C@@H](C)c1ccccc1. The topological polar surface area (TPSA) is 146 Å². The predicted molar refractivity (Wildman–Crippen MR) is 201 cm³/mol. The highest BCUT2D eigenvalue weighted by molar-refractivity contribution is 5.93. The van der Waals surface area contributed by atoms with Gasteiger partial charge in [0.2, 0.25) is 0 Å². The quantitative estimate of drug-likeness (QED) is 0.261. The minimum Gasteiger partial charge on any atom is -0.467 e. The first kappa shape index (κ1) is 41.5. The average molecular weight is 741 g/mol. The first-order valence-corrected chi connectivity index (χ1v) is 19.5. The smallest absolute Gasteiger partial charge is 0.335 e. The van der Waals surface area contributed by atoms with Crippen molar-refractivity contribution in [1.82, 2.24) is 9.80 Å². The van der Waals surface area contributed by atoms with Crippen LogP contribution in [0.5, 0.6) is 0 Å². The van der Waals surface area contributed by atoms with E-state index in [1.54, 1.807) is 6.92 Å². The van der Waals surface area contributed by atoms with Crippen LogP contribution < -0.4 is 0 Å². The molecule has 5 aliphatic rings. The molecular formula is C42H64N2O9. The third kappa shape index (κ3) is 7.38. The second-order valence-corrected chi connectivity index (χ2v) is 17.5. The lowest BCUT2D eigenvalue weighted by Gasteiger charge is -2.68. The lowest BCUT2D eigenvalue weighted by atomic mass is 9.41. The number of piperazine rings is 1. The Kier molecular flexibility index (Phi) is 12.4. The standard InChI is InChI=1S/C31H50N2O6.C11H14O3/c1-19-10-11-31(37)20(2)26-29(5)18-38-21(29)17-22(30(26,6)27(36)25(35)24(19)28(31,3)4)39-23(34)9-8-12-33-15-13-32(7)14-16-33;1-8(10(12)11(13)14-2)9-6-4-3-5-7-9/h20-22,25-26,35,37H,8-18H2,1-7H3;3-8,10,12H,1-2H3/t20-,21?,22-,25+,26?,29+,30+,31+;8-,10+/m00/s1. The van der Waals surface area contributed by atoms with Crippen molar-refractivity contribution in [2.24, 2.45) is 28.1 Å². The van der Waals surface area contributed by atoms with Crippen LogP contribution in [0.25, 0.3) is 0 Å². The van der Waals surface area contributed by atoms with Crippen molar-refractivity contribution in [2.45, 2.75) is 117 Å². The summed E-state index contributed by atoms with van der Waals surface area (Å²) in [6.07, 6.45) is -0.656. The summed E-state index contributed by atoms with van der Waals surface area (Å²) in [5.74, 6) is -2.01. The molecule has 1 aromatic carbocycles. The number of hydrogen-bond donors (Lipinski definition) is 3. The number of hydrogen-bond acceptors (Lipinski definition) is 11. The molecule has 3 aliphatic carbocycles. The lowest BCUT2D eigenvalue weighted by molar-refractivity contribution is -0.302. The Morgan fingerprint density at radius 1 is 1.08 bits per heavy atom. The van der Waals surface area contributed by atoms with Crippen molar-refractivity contribution >= 4 is 17.7 Å². The second-order valence-electron chi connectivity index (χ2n) is 17.5. The monoisotopic (exact) mass is 740 g/mol. The van der Waals surface area contributed by atoms with Gasteiger partial charge in [0.1, 0.15) is 12.2 Å². The summed E-state index contributed by atoms with van der Waals surface area (Å²) in [4.78, 5) is 43.5. The number of aliphatic hydroxyl groups excluding tert-OH is 2. The molecule has 11 heteroatoms. The Morgan fingerprint density at radius 3 is 2.30 bits per heavy atom. The van der Waals surface area contributed by atoms with E-state index < -0.39 is 40.7 Å². The normalized spacial score (nSPS) is 36.6. The van der Waals surface area contributed by atoms with Gasteiger partial charge in [-0.2, -0.15) is 0 Å². The van der Waals surface area contributed by atoms with E-state index in [1.807, 2.05) is 58.0 Å². The maximum absolute atomic E-state index is 14.5. The number of nitrogens with zero attached hydrogens (tertiary/aromatic N) is 2. The van der Waals surface area contributed by atoms with E-state index in [2.05, 4.69) is 35.4 Å². The van der Waals surface area contributed by atoms with Gasteiger partial charge in [0.15, 0.2) is 11.9 Å². The molecule has 2 bridgehead atoms. The van der Waals surface area contributed by atoms with Crippen LogP contribution in [0.15, 0.2) is 41.5 Å². The summed E-state index contributed by atoms with van der Waals surface area (Å²) in [5.41, 5.74) is -0.847. The van der Waals surface area contributed by atoms with Gasteiger partial charge in [0, 0.05) is 55.8 Å². The van der Waals surface area contributed by atoms with E-state index in [4.69, 9.17) is 9.47 Å². The van der Waals surface area contributed by atoms with E-state index in [0.29, 0.717) is 44.3 Å². The number of carbonyl (C=O) groups excluding carboxylic acids is 3. The fraction of sp³-hybridized carbons (Fsp3) is 0.738. The molecule has 11 nitrogen and oxygen atoms in total. The van der Waals surface area contributed by atoms with E-state index >= 15 is 0 Å². The van der Waals surface area contributed by atoms with Crippen molar-refractivity contribution in [1.29, 1.82) is 0 Å². The number of aliphatic hydroxyl groups is 3. The average Bonchev–Trinajstić information content (AvgIpc) is 3.13. The summed E-state index contributed by atoms with van der Waals surface area (Å²) in [7, 11) is 3.39. The minimum absolute atomic E-state index is 0.155. The summed E-state index contributed by atoms with van der Waals surface area (Å²) >= 11 is 0. The van der Waals surface area contributed by atoms with Crippen molar-refractivity contribution < 1.29 is 43.9 Å². The maximum Gasteiger partial charge on any atom is 0.335 e. The van der Waals surface area contributed by atoms with Crippen molar-refractivity contribution in [3.05, 3.63) is 47.0 Å². The Hall–Kier alpha value is -2.67. The molecule has 2 aliphatic heterocycles. The number of carbonyl (C=O) groups is 3. The highest BCUT2D eigenvalue weighted by Crippen LogP contribution is 2.67. The van der Waals surface area contributed by atoms with Crippen LogP contribution in [0.4, 0.5) is 0 Å². The van der Waals surface area contributed by atoms with Crippen LogP contribution in [0.1, 0.15) is 92.1 Å². The third-order valence-electron chi connectivity index (χ3n) is 14.2. The first-order chi connectivity index (χ1) is 24.8. The van der Waals surface area contributed by atoms with Crippen LogP contribution in [-0.4, -0.2) is 126 Å². The number of likely N-dealkylation sites (N-methyl/N-ethyl adjacent to an activating group) is 1. The van der Waals surface area contributed by atoms with Gasteiger partial charge in [0.25, 0.3) is 0 Å². The number of allylic oxidation sites excluding steroid dienone is 1. The van der Waals surface area contributed by atoms with Crippen molar-refractivity contribution in [3.8, 4) is 0 Å². The van der Waals surface area contributed by atoms with Crippen LogP contribution in [0.2, 0.25) is 0 Å². The molecule has 6 rings (SSSR count). The van der Waals surface area contributed by atoms with Crippen LogP contribution in [-0.2, 0) is 28.6 Å². The molecule has 0 aromatic heterocycles. The molecule has 2 saturated carbocycles. The lowest BCUT2D eigenvalue weighted by Crippen LogP contribution is -2.75. The molecule has 2 heterocycles. The van der Waals surface area contributed by atoms with E-state index in [9.17, 15) is 29.7 Å². The Morgan fingerprint density at radius 2 is 1.72 bits per heavy atom. The number of fused-ring (bicyclic) bond motifs is 5. The Labute approximate surface area is 316 Å². The summed E-state index contributed by atoms with van der Waals surface area (Å²) in [6.45, 7) is 19.2. The minimum atomic E-state index is -1.34. The van der Waals surface area contributed by atoms with E-state index in [0.717, 1.165) is 43.9 Å². The number of benzene rings is 1. The number of ketones is 1. The van der Waals surface area contributed by atoms with Crippen molar-refractivity contribution in [2.75, 3.05) is 53.5 Å². The molecular weight excluding hydrogens is 676 g/mol. The fourth-order valence-corrected chi connectivity index (χ4v) is 10.7. The molecule has 3 N–H and O–H groups in total. The molecule has 0 spiro atoms. The van der Waals surface area contributed by atoms with Gasteiger partial charge >= 0.3 is 11.9 Å². The number of rotatable bonds is 8. The summed E-state index contributed by atoms with van der Waals surface area (Å²) < 4.78 is 16.7. The maximum atomic E-state index is 14.5. The van der Waals surface area contributed by atoms with Gasteiger partial charge in [-0.3, -0.25) is 9.59 Å². The van der Waals surface area contributed by atoms with Gasteiger partial charge in [-0.25, -0.2) is 4.79 Å². The molecule has 2 unspecified atom stereocenters. The largest absolute Gasteiger partial charge is 0.467 e. The zero-order chi connectivity index (χ0) is 39.1. The molecule has 10 atom stereocenters. The number of ether oxygens (including phenoxy) is 3. The van der Waals surface area contributed by atoms with Gasteiger partial charge < -0.3 is 39.3 Å². The Balaban J connectivity index is 0.000000326. The van der Waals surface area contributed by atoms with Crippen LogP contribution in [0, 0.1) is 28.1 Å². The molecule has 0 radical (unpaired) electrons. The molecule has 0 amide bonds. The molecule has 4 fully saturated rings. The molecule has 1 aromatic rings. The fourth-order valence-electron chi connectivity index (χ4n) is 10.7. The van der Waals surface area contributed by atoms with Gasteiger partial charge in [-0.05, 0) is 69.7 Å². The molecule has 2 saturated heterocycles. The van der Waals surface area contributed by atoms with Crippen molar-refractivity contribution in [3.63, 3.8) is 0 Å². The number of Topliss-reactive ketones (excluding diaryl/α,β-unsaturated/α-hetero) is 1. The zero-order valence-electron chi connectivity index (χ0n) is 33.4. The third-order valence-corrected chi connectivity index (χ3v) is 14.2. The van der Waals surface area contributed by atoms with Crippen LogP contribution in [0.3, 0.4) is 0 Å². The summed E-state index contributed by atoms with van der Waals surface area (Å²) in [5, 5.41) is 33.7. The number of esters is 2. The molecule has 296 valence electrons. The first-order valence-electron chi connectivity index (χ1n) is 19.5. The van der Waals surface area contributed by atoms with Gasteiger partial charge in [0.05, 0.1) is 30.8 Å². The van der Waals surface area contributed by atoms with E-state index in [1.165, 1.54) is 7.11 Å². The van der Waals surface area contributed by atoms with E-state index in [-0.39, 0.29) is 41.0 Å². The second kappa shape index (κ2) is 15.8. The summed E-state index contributed by atoms with van der Waals surface area (Å²) in [6, 6.07) is 9.38.